The Morgan fingerprint density at radius 2 is 2.02 bits per heavy atom. The van der Waals surface area contributed by atoms with Crippen LogP contribution in [0.25, 0.3) is 39.0 Å². The maximum Gasteiger partial charge on any atom is 0.410 e. The van der Waals surface area contributed by atoms with Crippen LogP contribution in [0, 0.1) is 6.92 Å². The van der Waals surface area contributed by atoms with Crippen molar-refractivity contribution in [1.29, 1.82) is 0 Å². The highest BCUT2D eigenvalue weighted by Gasteiger charge is 2.28. The number of ether oxygens (including phenoxy) is 1. The molecule has 0 spiro atoms. The monoisotopic (exact) mass is 558 g/mol. The van der Waals surface area contributed by atoms with E-state index in [1.54, 1.807) is 29.4 Å². The molecule has 6 rings (SSSR count). The number of likely N-dealkylation sites (tertiary alicyclic amines) is 1. The summed E-state index contributed by atoms with van der Waals surface area (Å²) in [7, 11) is 0. The first-order valence-corrected chi connectivity index (χ1v) is 14.1. The normalized spacial score (nSPS) is 15.9. The van der Waals surface area contributed by atoms with Crippen LogP contribution in [0.3, 0.4) is 0 Å². The maximum atomic E-state index is 12.6. The number of hydrogen-bond donors (Lipinski definition) is 1. The van der Waals surface area contributed by atoms with Crippen LogP contribution in [0.1, 0.15) is 39.5 Å². The molecule has 5 aromatic rings. The van der Waals surface area contributed by atoms with E-state index < -0.39 is 5.60 Å². The Balaban J connectivity index is 1.29. The number of thiazole rings is 1. The third-order valence-electron chi connectivity index (χ3n) is 6.49. The smallest absolute Gasteiger partial charge is 0.410 e. The van der Waals surface area contributed by atoms with Crippen LogP contribution in [0.15, 0.2) is 52.6 Å². The molecule has 40 heavy (non-hydrogen) atoms. The second-order valence-electron chi connectivity index (χ2n) is 10.8. The van der Waals surface area contributed by atoms with Crippen molar-refractivity contribution in [2.45, 2.75) is 52.2 Å². The number of hydrogen-bond acceptors (Lipinski definition) is 10. The first-order valence-electron chi connectivity index (χ1n) is 13.2. The lowest BCUT2D eigenvalue weighted by molar-refractivity contribution is 0.0206. The molecule has 11 nitrogen and oxygen atoms in total. The maximum absolute atomic E-state index is 12.6. The molecule has 1 fully saturated rings. The molecule has 206 valence electrons. The fourth-order valence-electron chi connectivity index (χ4n) is 4.78. The Morgan fingerprint density at radius 3 is 2.83 bits per heavy atom. The Labute approximate surface area is 235 Å². The number of anilines is 1. The van der Waals surface area contributed by atoms with Crippen LogP contribution in [-0.4, -0.2) is 65.2 Å². The number of amides is 1. The van der Waals surface area contributed by atoms with E-state index in [0.29, 0.717) is 30.8 Å². The molecule has 1 unspecified atom stereocenters. The van der Waals surface area contributed by atoms with Crippen molar-refractivity contribution in [2.24, 2.45) is 0 Å². The number of carbonyl (C=O) groups excluding carboxylic acids is 1. The highest BCUT2D eigenvalue weighted by atomic mass is 32.1. The molecular formula is C28H30N8O3S. The van der Waals surface area contributed by atoms with Gasteiger partial charge in [-0.05, 0) is 45.7 Å². The van der Waals surface area contributed by atoms with E-state index in [4.69, 9.17) is 19.2 Å². The van der Waals surface area contributed by atoms with Gasteiger partial charge in [0.15, 0.2) is 4.96 Å². The minimum atomic E-state index is -0.533. The first kappa shape index (κ1) is 25.9. The topological polar surface area (TPSA) is 124 Å². The molecule has 0 bridgehead atoms. The van der Waals surface area contributed by atoms with E-state index in [1.165, 1.54) is 0 Å². The molecule has 1 atom stereocenters. The average molecular weight is 559 g/mol. The molecule has 12 heteroatoms. The number of benzene rings is 1. The van der Waals surface area contributed by atoms with E-state index in [2.05, 4.69) is 20.4 Å². The van der Waals surface area contributed by atoms with Gasteiger partial charge in [-0.1, -0.05) is 23.4 Å². The summed E-state index contributed by atoms with van der Waals surface area (Å²) in [5, 5.41) is 9.50. The Kier molecular flexibility index (Phi) is 6.70. The number of nitrogens with zero attached hydrogens (tertiary/aromatic N) is 7. The summed E-state index contributed by atoms with van der Waals surface area (Å²) >= 11 is 1.56. The van der Waals surface area contributed by atoms with E-state index in [0.717, 1.165) is 46.0 Å². The number of aromatic nitrogens is 6. The van der Waals surface area contributed by atoms with Gasteiger partial charge >= 0.3 is 6.09 Å². The van der Waals surface area contributed by atoms with Gasteiger partial charge in [0.2, 0.25) is 17.7 Å². The Morgan fingerprint density at radius 1 is 1.18 bits per heavy atom. The summed E-state index contributed by atoms with van der Waals surface area (Å²) in [5.74, 6) is 1.54. The van der Waals surface area contributed by atoms with Crippen molar-refractivity contribution in [3.8, 4) is 34.0 Å². The number of piperidine rings is 1. The minimum Gasteiger partial charge on any atom is -0.444 e. The van der Waals surface area contributed by atoms with E-state index in [-0.39, 0.29) is 12.1 Å². The van der Waals surface area contributed by atoms with Crippen LogP contribution in [0.2, 0.25) is 0 Å². The van der Waals surface area contributed by atoms with Crippen molar-refractivity contribution in [2.75, 3.05) is 18.4 Å². The molecule has 4 aromatic heterocycles. The highest BCUT2D eigenvalue weighted by Crippen LogP contribution is 2.35. The van der Waals surface area contributed by atoms with Gasteiger partial charge < -0.3 is 19.5 Å². The number of aryl methyl sites for hydroxylation is 1. The van der Waals surface area contributed by atoms with E-state index >= 15 is 0 Å². The second kappa shape index (κ2) is 10.3. The van der Waals surface area contributed by atoms with Gasteiger partial charge in [-0.15, -0.1) is 11.3 Å². The summed E-state index contributed by atoms with van der Waals surface area (Å²) in [6, 6.07) is 9.82. The molecule has 1 aliphatic heterocycles. The lowest BCUT2D eigenvalue weighted by Crippen LogP contribution is -2.47. The first-order chi connectivity index (χ1) is 19.2. The van der Waals surface area contributed by atoms with Gasteiger partial charge in [0.25, 0.3) is 0 Å². The quantitative estimate of drug-likeness (QED) is 0.290. The van der Waals surface area contributed by atoms with Gasteiger partial charge in [-0.3, -0.25) is 4.40 Å². The molecule has 1 N–H and O–H groups in total. The van der Waals surface area contributed by atoms with E-state index in [1.807, 2.05) is 67.1 Å². The fourth-order valence-corrected chi connectivity index (χ4v) is 5.50. The van der Waals surface area contributed by atoms with Crippen LogP contribution in [0.5, 0.6) is 0 Å². The van der Waals surface area contributed by atoms with Crippen molar-refractivity contribution in [1.82, 2.24) is 34.4 Å². The fraction of sp³-hybridized carbons (Fsp3) is 0.357. The predicted molar refractivity (Wildman–Crippen MR) is 152 cm³/mol. The number of rotatable bonds is 5. The third kappa shape index (κ3) is 5.39. The zero-order valence-electron chi connectivity index (χ0n) is 22.8. The number of carbonyl (C=O) groups is 1. The largest absolute Gasteiger partial charge is 0.444 e. The molecule has 1 amide bonds. The summed E-state index contributed by atoms with van der Waals surface area (Å²) in [6.07, 6.45) is 5.22. The van der Waals surface area contributed by atoms with Gasteiger partial charge in [-0.25, -0.2) is 19.7 Å². The lowest BCUT2D eigenvalue weighted by atomic mass is 10.0. The van der Waals surface area contributed by atoms with E-state index in [9.17, 15) is 4.79 Å². The van der Waals surface area contributed by atoms with Gasteiger partial charge in [0.05, 0.1) is 11.4 Å². The van der Waals surface area contributed by atoms with Gasteiger partial charge in [-0.2, -0.15) is 4.98 Å². The predicted octanol–water partition coefficient (Wildman–Crippen LogP) is 5.69. The number of nitrogens with one attached hydrogen (secondary N) is 1. The molecule has 0 radical (unpaired) electrons. The van der Waals surface area contributed by atoms with Crippen molar-refractivity contribution >= 4 is 28.3 Å². The molecular weight excluding hydrogens is 528 g/mol. The zero-order valence-corrected chi connectivity index (χ0v) is 23.6. The number of fused-ring (bicyclic) bond motifs is 1. The SMILES string of the molecule is Cc1nc(-c2cccc(-c3nc4sccn4c3-c3ccnc(NC4CCCN(C(=O)OC(C)(C)C)C4)n3)c2)no1. The molecule has 0 aliphatic carbocycles. The summed E-state index contributed by atoms with van der Waals surface area (Å²) < 4.78 is 12.8. The minimum absolute atomic E-state index is 0.0118. The molecule has 0 saturated carbocycles. The van der Waals surface area contributed by atoms with Gasteiger partial charge in [0, 0.05) is 55.0 Å². The molecule has 1 saturated heterocycles. The zero-order chi connectivity index (χ0) is 27.9. The molecule has 5 heterocycles. The Bertz CT molecular complexity index is 1670. The standard InChI is InChI=1S/C28H30N8O3S/c1-17-30-24(34-39-17)19-8-5-7-18(15-19)22-23(36-13-14-40-26(36)33-22)21-10-11-29-25(32-21)31-20-9-6-12-35(16-20)27(37)38-28(2,3)4/h5,7-8,10-11,13-15,20H,6,9,12,16H2,1-4H3,(H,29,31,32). The third-order valence-corrected chi connectivity index (χ3v) is 7.25. The second-order valence-corrected chi connectivity index (χ2v) is 11.6. The summed E-state index contributed by atoms with van der Waals surface area (Å²) in [4.78, 5) is 33.9. The lowest BCUT2D eigenvalue weighted by Gasteiger charge is -2.34. The average Bonchev–Trinajstić information content (AvgIpc) is 3.64. The summed E-state index contributed by atoms with van der Waals surface area (Å²) in [5.41, 5.74) is 3.62. The van der Waals surface area contributed by atoms with Crippen LogP contribution in [0.4, 0.5) is 10.7 Å². The van der Waals surface area contributed by atoms with Crippen LogP contribution < -0.4 is 5.32 Å². The van der Waals surface area contributed by atoms with Crippen LogP contribution in [-0.2, 0) is 4.74 Å². The van der Waals surface area contributed by atoms with Gasteiger partial charge in [0.1, 0.15) is 11.3 Å². The highest BCUT2D eigenvalue weighted by molar-refractivity contribution is 7.15. The summed E-state index contributed by atoms with van der Waals surface area (Å²) in [6.45, 7) is 8.60. The van der Waals surface area contributed by atoms with Crippen molar-refractivity contribution in [3.63, 3.8) is 0 Å². The number of imidazole rings is 1. The molecule has 1 aliphatic rings. The van der Waals surface area contributed by atoms with Crippen LogP contribution >= 0.6 is 11.3 Å². The molecule has 1 aromatic carbocycles. The van der Waals surface area contributed by atoms with Crippen molar-refractivity contribution < 1.29 is 14.1 Å². The van der Waals surface area contributed by atoms with Crippen molar-refractivity contribution in [3.05, 3.63) is 54.0 Å². The Hall–Kier alpha value is -4.32.